The van der Waals surface area contributed by atoms with Crippen molar-refractivity contribution in [1.82, 2.24) is 4.83 Å². The normalized spacial score (nSPS) is 12.5. The molecule has 5 nitrogen and oxygen atoms in total. The molecule has 0 heterocycles. The number of rotatable bonds is 7. The van der Waals surface area contributed by atoms with E-state index in [1.54, 1.807) is 13.0 Å². The van der Waals surface area contributed by atoms with Gasteiger partial charge in [0, 0.05) is 0 Å². The van der Waals surface area contributed by atoms with E-state index in [4.69, 9.17) is 4.74 Å². The van der Waals surface area contributed by atoms with E-state index >= 15 is 0 Å². The van der Waals surface area contributed by atoms with E-state index in [0.29, 0.717) is 18.1 Å². The van der Waals surface area contributed by atoms with Crippen LogP contribution in [-0.4, -0.2) is 21.2 Å². The summed E-state index contributed by atoms with van der Waals surface area (Å²) in [5, 5.41) is 3.92. The minimum atomic E-state index is -3.74. The summed E-state index contributed by atoms with van der Waals surface area (Å²) in [5.41, 5.74) is 2.28. The van der Waals surface area contributed by atoms with Crippen LogP contribution < -0.4 is 9.57 Å². The number of hydrogen-bond acceptors (Lipinski definition) is 4. The van der Waals surface area contributed by atoms with Crippen LogP contribution >= 0.6 is 0 Å². The summed E-state index contributed by atoms with van der Waals surface area (Å²) < 4.78 is 31.0. The SMILES string of the molecule is Cc1ccc(C(C)(C)C)cc1S(=O)(=O)N/N=C/c1ccc(OCC(C)C)cc1. The Kier molecular flexibility index (Phi) is 6.88. The number of hydrogen-bond donors (Lipinski definition) is 1. The standard InChI is InChI=1S/C22H30N2O3S/c1-16(2)15-27-20-11-8-18(9-12-20)14-23-24-28(25,26)21-13-19(22(4,5)6)10-7-17(21)3/h7-14,16,24H,15H2,1-6H3/b23-14+. The van der Waals surface area contributed by atoms with Crippen molar-refractivity contribution in [2.75, 3.05) is 6.61 Å². The molecule has 0 unspecified atom stereocenters. The molecule has 0 aliphatic rings. The number of aryl methyl sites for hydroxylation is 1. The molecule has 0 bridgehead atoms. The fourth-order valence-electron chi connectivity index (χ4n) is 2.49. The Morgan fingerprint density at radius 2 is 1.75 bits per heavy atom. The fraction of sp³-hybridized carbons (Fsp3) is 0.409. The zero-order chi connectivity index (χ0) is 20.9. The Morgan fingerprint density at radius 3 is 2.32 bits per heavy atom. The van der Waals surface area contributed by atoms with Gasteiger partial charge in [-0.15, -0.1) is 0 Å². The van der Waals surface area contributed by atoms with Gasteiger partial charge in [-0.05, 0) is 65.3 Å². The number of benzene rings is 2. The predicted molar refractivity (Wildman–Crippen MR) is 115 cm³/mol. The molecule has 0 saturated heterocycles. The van der Waals surface area contributed by atoms with Gasteiger partial charge in [0.2, 0.25) is 0 Å². The molecule has 0 atom stereocenters. The summed E-state index contributed by atoms with van der Waals surface area (Å²) in [6.45, 7) is 12.8. The highest BCUT2D eigenvalue weighted by atomic mass is 32.2. The Hall–Kier alpha value is -2.34. The van der Waals surface area contributed by atoms with Crippen molar-refractivity contribution in [1.29, 1.82) is 0 Å². The first-order chi connectivity index (χ1) is 13.0. The monoisotopic (exact) mass is 402 g/mol. The highest BCUT2D eigenvalue weighted by Crippen LogP contribution is 2.26. The van der Waals surface area contributed by atoms with Crippen molar-refractivity contribution in [3.8, 4) is 5.75 Å². The summed E-state index contributed by atoms with van der Waals surface area (Å²) >= 11 is 0. The summed E-state index contributed by atoms with van der Waals surface area (Å²) in [5.74, 6) is 1.23. The fourth-order valence-corrected chi connectivity index (χ4v) is 3.55. The van der Waals surface area contributed by atoms with Crippen LogP contribution in [0, 0.1) is 12.8 Å². The van der Waals surface area contributed by atoms with Crippen LogP contribution in [0.25, 0.3) is 0 Å². The quantitative estimate of drug-likeness (QED) is 0.542. The maximum atomic E-state index is 12.7. The molecule has 0 aromatic heterocycles. The third-order valence-corrected chi connectivity index (χ3v) is 5.56. The molecule has 0 amide bonds. The van der Waals surface area contributed by atoms with E-state index in [1.807, 2.05) is 57.2 Å². The molecule has 0 radical (unpaired) electrons. The van der Waals surface area contributed by atoms with E-state index in [-0.39, 0.29) is 10.3 Å². The summed E-state index contributed by atoms with van der Waals surface area (Å²) in [4.78, 5) is 2.55. The van der Waals surface area contributed by atoms with Gasteiger partial charge < -0.3 is 4.74 Å². The van der Waals surface area contributed by atoms with Crippen LogP contribution in [0.1, 0.15) is 51.3 Å². The van der Waals surface area contributed by atoms with Gasteiger partial charge >= 0.3 is 0 Å². The minimum Gasteiger partial charge on any atom is -0.493 e. The number of sulfonamides is 1. The van der Waals surface area contributed by atoms with Crippen LogP contribution in [0.5, 0.6) is 5.75 Å². The highest BCUT2D eigenvalue weighted by Gasteiger charge is 2.21. The van der Waals surface area contributed by atoms with Crippen molar-refractivity contribution in [3.05, 3.63) is 59.2 Å². The van der Waals surface area contributed by atoms with E-state index in [2.05, 4.69) is 23.8 Å². The number of nitrogens with one attached hydrogen (secondary N) is 1. The molecule has 2 aromatic rings. The lowest BCUT2D eigenvalue weighted by Gasteiger charge is -2.20. The Bertz CT molecular complexity index is 925. The molecule has 152 valence electrons. The van der Waals surface area contributed by atoms with Gasteiger partial charge in [-0.3, -0.25) is 0 Å². The third kappa shape index (κ3) is 6.09. The number of ether oxygens (including phenoxy) is 1. The first-order valence-electron chi connectivity index (χ1n) is 9.38. The lowest BCUT2D eigenvalue weighted by atomic mass is 9.87. The Balaban J connectivity index is 2.11. The zero-order valence-electron chi connectivity index (χ0n) is 17.5. The van der Waals surface area contributed by atoms with Gasteiger partial charge in [0.25, 0.3) is 10.0 Å². The third-order valence-electron chi connectivity index (χ3n) is 4.19. The van der Waals surface area contributed by atoms with E-state index in [9.17, 15) is 8.42 Å². The molecular formula is C22H30N2O3S. The second-order valence-corrected chi connectivity index (χ2v) is 9.99. The van der Waals surface area contributed by atoms with Crippen molar-refractivity contribution in [2.45, 2.75) is 51.9 Å². The molecule has 0 fully saturated rings. The van der Waals surface area contributed by atoms with Crippen molar-refractivity contribution < 1.29 is 13.2 Å². The van der Waals surface area contributed by atoms with E-state index in [0.717, 1.165) is 16.9 Å². The molecule has 6 heteroatoms. The maximum Gasteiger partial charge on any atom is 0.276 e. The summed E-state index contributed by atoms with van der Waals surface area (Å²) in [6.07, 6.45) is 1.48. The van der Waals surface area contributed by atoms with Crippen LogP contribution in [0.3, 0.4) is 0 Å². The predicted octanol–water partition coefficient (Wildman–Crippen LogP) is 4.64. The summed E-state index contributed by atoms with van der Waals surface area (Å²) in [6, 6.07) is 12.9. The van der Waals surface area contributed by atoms with Gasteiger partial charge in [-0.2, -0.15) is 13.5 Å². The van der Waals surface area contributed by atoms with Crippen LogP contribution in [0.2, 0.25) is 0 Å². The molecule has 0 saturated carbocycles. The molecule has 0 spiro atoms. The second-order valence-electron chi connectivity index (χ2n) is 8.36. The molecule has 2 aromatic carbocycles. The van der Waals surface area contributed by atoms with Crippen molar-refractivity contribution in [2.24, 2.45) is 11.0 Å². The average Bonchev–Trinajstić information content (AvgIpc) is 2.60. The zero-order valence-corrected chi connectivity index (χ0v) is 18.3. The van der Waals surface area contributed by atoms with Crippen molar-refractivity contribution >= 4 is 16.2 Å². The largest absolute Gasteiger partial charge is 0.493 e. The first kappa shape index (κ1) is 22.0. The van der Waals surface area contributed by atoms with Crippen LogP contribution in [-0.2, 0) is 15.4 Å². The molecule has 0 aliphatic heterocycles. The van der Waals surface area contributed by atoms with Crippen molar-refractivity contribution in [3.63, 3.8) is 0 Å². The number of hydrazone groups is 1. The van der Waals surface area contributed by atoms with Gasteiger partial charge in [-0.1, -0.05) is 46.8 Å². The lowest BCUT2D eigenvalue weighted by Crippen LogP contribution is -2.21. The van der Waals surface area contributed by atoms with Gasteiger partial charge in [0.05, 0.1) is 17.7 Å². The molecule has 0 aliphatic carbocycles. The molecular weight excluding hydrogens is 372 g/mol. The topological polar surface area (TPSA) is 67.8 Å². The summed E-state index contributed by atoms with van der Waals surface area (Å²) in [7, 11) is -3.74. The molecule has 2 rings (SSSR count). The highest BCUT2D eigenvalue weighted by molar-refractivity contribution is 7.89. The van der Waals surface area contributed by atoms with Crippen LogP contribution in [0.4, 0.5) is 0 Å². The lowest BCUT2D eigenvalue weighted by molar-refractivity contribution is 0.271. The molecule has 1 N–H and O–H groups in total. The van der Waals surface area contributed by atoms with Crippen LogP contribution in [0.15, 0.2) is 52.5 Å². The molecule has 28 heavy (non-hydrogen) atoms. The average molecular weight is 403 g/mol. The van der Waals surface area contributed by atoms with E-state index in [1.165, 1.54) is 6.21 Å². The minimum absolute atomic E-state index is 0.138. The Labute approximate surface area is 168 Å². The smallest absolute Gasteiger partial charge is 0.276 e. The van der Waals surface area contributed by atoms with Gasteiger partial charge in [-0.25, -0.2) is 4.83 Å². The number of nitrogens with zero attached hydrogens (tertiary/aromatic N) is 1. The second kappa shape index (κ2) is 8.78. The maximum absolute atomic E-state index is 12.7. The van der Waals surface area contributed by atoms with Gasteiger partial charge in [0.1, 0.15) is 5.75 Å². The van der Waals surface area contributed by atoms with Gasteiger partial charge in [0.15, 0.2) is 0 Å². The Morgan fingerprint density at radius 1 is 1.11 bits per heavy atom. The first-order valence-corrected chi connectivity index (χ1v) is 10.9. The van der Waals surface area contributed by atoms with E-state index < -0.39 is 10.0 Å².